The maximum absolute atomic E-state index is 11.2. The van der Waals surface area contributed by atoms with Crippen molar-refractivity contribution in [3.05, 3.63) is 12.4 Å². The van der Waals surface area contributed by atoms with Gasteiger partial charge >= 0.3 is 0 Å². The topological polar surface area (TPSA) is 57.8 Å². The van der Waals surface area contributed by atoms with Crippen LogP contribution in [0.15, 0.2) is 12.4 Å². The number of anilines is 1. The van der Waals surface area contributed by atoms with E-state index in [0.717, 1.165) is 6.42 Å². The first-order chi connectivity index (χ1) is 5.74. The van der Waals surface area contributed by atoms with Gasteiger partial charge in [0.05, 0.1) is 16.7 Å². The quantitative estimate of drug-likeness (QED) is 0.776. The number of amides is 1. The average Bonchev–Trinajstić information content (AvgIpc) is 2.55. The summed E-state index contributed by atoms with van der Waals surface area (Å²) in [7, 11) is 0. The van der Waals surface area contributed by atoms with E-state index in [4.69, 9.17) is 0 Å². The van der Waals surface area contributed by atoms with E-state index < -0.39 is 0 Å². The lowest BCUT2D eigenvalue weighted by Crippen LogP contribution is -2.21. The highest BCUT2D eigenvalue weighted by molar-refractivity contribution is 9.10. The number of hydrogen-bond acceptors (Lipinski definition) is 2. The summed E-state index contributed by atoms with van der Waals surface area (Å²) >= 11 is 3.25. The standard InChI is InChI=1S/C7H10BrN3O/c1-2-6(8)7(12)11-5-3-9-10-4-5/h3-4,6H,2H2,1H3,(H,9,10)(H,11,12). The summed E-state index contributed by atoms with van der Waals surface area (Å²) in [5, 5.41) is 9.01. The largest absolute Gasteiger partial charge is 0.322 e. The van der Waals surface area contributed by atoms with Crippen LogP contribution in [-0.4, -0.2) is 20.9 Å². The van der Waals surface area contributed by atoms with Gasteiger partial charge in [-0.2, -0.15) is 5.10 Å². The molecule has 66 valence electrons. The molecule has 2 N–H and O–H groups in total. The minimum Gasteiger partial charge on any atom is -0.322 e. The molecule has 1 heterocycles. The molecule has 0 radical (unpaired) electrons. The predicted molar refractivity (Wildman–Crippen MR) is 50.2 cm³/mol. The lowest BCUT2D eigenvalue weighted by atomic mass is 10.3. The predicted octanol–water partition coefficient (Wildman–Crippen LogP) is 1.52. The summed E-state index contributed by atoms with van der Waals surface area (Å²) in [4.78, 5) is 11.1. The zero-order valence-electron chi connectivity index (χ0n) is 6.67. The fourth-order valence-electron chi connectivity index (χ4n) is 0.725. The van der Waals surface area contributed by atoms with Gasteiger partial charge in [0.15, 0.2) is 0 Å². The molecule has 12 heavy (non-hydrogen) atoms. The van der Waals surface area contributed by atoms with Gasteiger partial charge in [0.2, 0.25) is 5.91 Å². The smallest absolute Gasteiger partial charge is 0.238 e. The Kier molecular flexibility index (Phi) is 3.28. The van der Waals surface area contributed by atoms with E-state index in [1.165, 1.54) is 0 Å². The van der Waals surface area contributed by atoms with Crippen LogP contribution in [-0.2, 0) is 4.79 Å². The molecule has 0 saturated heterocycles. The number of rotatable bonds is 3. The van der Waals surface area contributed by atoms with Crippen molar-refractivity contribution in [2.45, 2.75) is 18.2 Å². The molecule has 1 aromatic rings. The van der Waals surface area contributed by atoms with Crippen LogP contribution in [0.4, 0.5) is 5.69 Å². The maximum atomic E-state index is 11.2. The van der Waals surface area contributed by atoms with E-state index in [0.29, 0.717) is 5.69 Å². The number of aromatic amines is 1. The first kappa shape index (κ1) is 9.25. The van der Waals surface area contributed by atoms with E-state index in [1.54, 1.807) is 12.4 Å². The Bertz CT molecular complexity index is 247. The Morgan fingerprint density at radius 2 is 2.67 bits per heavy atom. The zero-order valence-corrected chi connectivity index (χ0v) is 8.26. The fraction of sp³-hybridized carbons (Fsp3) is 0.429. The van der Waals surface area contributed by atoms with Gasteiger partial charge in [-0.15, -0.1) is 0 Å². The number of nitrogens with one attached hydrogen (secondary N) is 2. The Hall–Kier alpha value is -0.840. The molecule has 0 aliphatic carbocycles. The molecule has 1 aromatic heterocycles. The molecule has 0 aromatic carbocycles. The van der Waals surface area contributed by atoms with Gasteiger partial charge in [-0.05, 0) is 6.42 Å². The van der Waals surface area contributed by atoms with Crippen LogP contribution >= 0.6 is 15.9 Å². The summed E-state index contributed by atoms with van der Waals surface area (Å²) in [6.07, 6.45) is 3.96. The third kappa shape index (κ3) is 2.34. The second-order valence-corrected chi connectivity index (χ2v) is 3.46. The number of hydrogen-bond donors (Lipinski definition) is 2. The van der Waals surface area contributed by atoms with Crippen molar-refractivity contribution < 1.29 is 4.79 Å². The second kappa shape index (κ2) is 4.25. The van der Waals surface area contributed by atoms with Crippen LogP contribution < -0.4 is 5.32 Å². The third-order valence-electron chi connectivity index (χ3n) is 1.41. The van der Waals surface area contributed by atoms with Crippen LogP contribution in [0.1, 0.15) is 13.3 Å². The van der Waals surface area contributed by atoms with Gasteiger partial charge in [0.1, 0.15) is 0 Å². The molecule has 1 atom stereocenters. The lowest BCUT2D eigenvalue weighted by Gasteiger charge is -2.05. The van der Waals surface area contributed by atoms with Gasteiger partial charge in [0.25, 0.3) is 0 Å². The number of H-pyrrole nitrogens is 1. The van der Waals surface area contributed by atoms with Gasteiger partial charge < -0.3 is 5.32 Å². The van der Waals surface area contributed by atoms with E-state index in [2.05, 4.69) is 31.4 Å². The summed E-state index contributed by atoms with van der Waals surface area (Å²) in [6, 6.07) is 0. The normalized spacial score (nSPS) is 12.5. The van der Waals surface area contributed by atoms with Crippen molar-refractivity contribution in [1.29, 1.82) is 0 Å². The van der Waals surface area contributed by atoms with Gasteiger partial charge in [-0.1, -0.05) is 22.9 Å². The molecule has 1 amide bonds. The van der Waals surface area contributed by atoms with Crippen molar-refractivity contribution >= 4 is 27.5 Å². The van der Waals surface area contributed by atoms with Crippen molar-refractivity contribution in [2.24, 2.45) is 0 Å². The molecule has 0 saturated carbocycles. The molecule has 0 spiro atoms. The second-order valence-electron chi connectivity index (χ2n) is 2.35. The number of carbonyl (C=O) groups excluding carboxylic acids is 1. The lowest BCUT2D eigenvalue weighted by molar-refractivity contribution is -0.115. The number of alkyl halides is 1. The van der Waals surface area contributed by atoms with Crippen LogP contribution in [0.25, 0.3) is 0 Å². The maximum Gasteiger partial charge on any atom is 0.238 e. The number of halogens is 1. The zero-order chi connectivity index (χ0) is 8.97. The minimum atomic E-state index is -0.132. The van der Waals surface area contributed by atoms with E-state index in [-0.39, 0.29) is 10.7 Å². The summed E-state index contributed by atoms with van der Waals surface area (Å²) in [5.74, 6) is -0.0427. The van der Waals surface area contributed by atoms with Crippen LogP contribution in [0.2, 0.25) is 0 Å². The highest BCUT2D eigenvalue weighted by Crippen LogP contribution is 2.08. The summed E-state index contributed by atoms with van der Waals surface area (Å²) in [6.45, 7) is 1.94. The molecule has 0 aliphatic rings. The van der Waals surface area contributed by atoms with E-state index in [1.807, 2.05) is 6.92 Å². The van der Waals surface area contributed by atoms with Crippen LogP contribution in [0.3, 0.4) is 0 Å². The highest BCUT2D eigenvalue weighted by atomic mass is 79.9. The fourth-order valence-corrected chi connectivity index (χ4v) is 0.840. The third-order valence-corrected chi connectivity index (χ3v) is 2.47. The first-order valence-corrected chi connectivity index (χ1v) is 4.59. The minimum absolute atomic E-state index is 0.0427. The molecular weight excluding hydrogens is 222 g/mol. The molecule has 1 unspecified atom stereocenters. The molecule has 0 aliphatic heterocycles. The molecule has 5 heteroatoms. The number of carbonyl (C=O) groups is 1. The summed E-state index contributed by atoms with van der Waals surface area (Å²) < 4.78 is 0. The molecule has 0 fully saturated rings. The summed E-state index contributed by atoms with van der Waals surface area (Å²) in [5.41, 5.74) is 0.693. The number of aromatic nitrogens is 2. The monoisotopic (exact) mass is 231 g/mol. The van der Waals surface area contributed by atoms with Crippen molar-refractivity contribution in [2.75, 3.05) is 5.32 Å². The molecule has 0 bridgehead atoms. The highest BCUT2D eigenvalue weighted by Gasteiger charge is 2.11. The number of nitrogens with zero attached hydrogens (tertiary/aromatic N) is 1. The molecule has 4 nitrogen and oxygen atoms in total. The van der Waals surface area contributed by atoms with Gasteiger partial charge in [-0.25, -0.2) is 0 Å². The van der Waals surface area contributed by atoms with E-state index >= 15 is 0 Å². The average molecular weight is 232 g/mol. The Balaban J connectivity index is 2.47. The van der Waals surface area contributed by atoms with Crippen molar-refractivity contribution in [1.82, 2.24) is 10.2 Å². The van der Waals surface area contributed by atoms with Gasteiger partial charge in [-0.3, -0.25) is 9.89 Å². The van der Waals surface area contributed by atoms with Gasteiger partial charge in [0, 0.05) is 6.20 Å². The first-order valence-electron chi connectivity index (χ1n) is 3.67. The Morgan fingerprint density at radius 3 is 3.17 bits per heavy atom. The van der Waals surface area contributed by atoms with Crippen LogP contribution in [0.5, 0.6) is 0 Å². The SMILES string of the molecule is CCC(Br)C(=O)Nc1cn[nH]c1. The Morgan fingerprint density at radius 1 is 1.92 bits per heavy atom. The van der Waals surface area contributed by atoms with Crippen LogP contribution in [0, 0.1) is 0 Å². The Labute approximate surface area is 78.9 Å². The van der Waals surface area contributed by atoms with Crippen molar-refractivity contribution in [3.8, 4) is 0 Å². The molecule has 1 rings (SSSR count). The van der Waals surface area contributed by atoms with E-state index in [9.17, 15) is 4.79 Å². The molecular formula is C7H10BrN3O. The van der Waals surface area contributed by atoms with Crippen molar-refractivity contribution in [3.63, 3.8) is 0 Å².